The Balaban J connectivity index is 1.88. The predicted molar refractivity (Wildman–Crippen MR) is 172 cm³/mol. The van der Waals surface area contributed by atoms with Crippen LogP contribution in [0.25, 0.3) is 22.3 Å². The average molecular weight is 671 g/mol. The number of carbonyl (C=O) groups excluding carboxylic acids is 1. The molecule has 0 aliphatic carbocycles. The van der Waals surface area contributed by atoms with Crippen molar-refractivity contribution in [1.29, 1.82) is 0 Å². The van der Waals surface area contributed by atoms with E-state index in [1.54, 1.807) is 31.2 Å². The summed E-state index contributed by atoms with van der Waals surface area (Å²) in [5, 5.41) is 5.20. The van der Waals surface area contributed by atoms with Crippen molar-refractivity contribution in [3.63, 3.8) is 0 Å². The van der Waals surface area contributed by atoms with E-state index >= 15 is 0 Å². The van der Waals surface area contributed by atoms with Gasteiger partial charge in [-0.05, 0) is 84.1 Å². The number of halogens is 2. The Hall–Kier alpha value is -3.89. The number of benzene rings is 3. The molecule has 4 rings (SSSR count). The van der Waals surface area contributed by atoms with Gasteiger partial charge in [-0.15, -0.1) is 0 Å². The Kier molecular flexibility index (Phi) is 10.5. The van der Waals surface area contributed by atoms with Gasteiger partial charge >= 0.3 is 5.97 Å². The largest absolute Gasteiger partial charge is 0.494 e. The molecule has 0 saturated heterocycles. The summed E-state index contributed by atoms with van der Waals surface area (Å²) in [6, 6.07) is 12.8. The van der Waals surface area contributed by atoms with E-state index in [1.807, 2.05) is 32.0 Å². The van der Waals surface area contributed by atoms with Crippen LogP contribution in [-0.2, 0) is 9.53 Å². The molecule has 226 valence electrons. The van der Waals surface area contributed by atoms with Gasteiger partial charge in [0.25, 0.3) is 5.56 Å². The molecule has 0 spiro atoms. The number of para-hydroxylation sites is 1. The Morgan fingerprint density at radius 1 is 1.12 bits per heavy atom. The zero-order valence-electron chi connectivity index (χ0n) is 24.9. The summed E-state index contributed by atoms with van der Waals surface area (Å²) in [5.41, 5.74) is 3.36. The van der Waals surface area contributed by atoms with Crippen molar-refractivity contribution < 1.29 is 23.7 Å². The normalized spacial score (nSPS) is 11.4. The second-order valence-corrected chi connectivity index (χ2v) is 11.0. The lowest BCUT2D eigenvalue weighted by molar-refractivity contribution is -0.145. The summed E-state index contributed by atoms with van der Waals surface area (Å²) in [6.45, 7) is 10.2. The maximum absolute atomic E-state index is 13.8. The third kappa shape index (κ3) is 6.86. The molecule has 3 aromatic carbocycles. The first kappa shape index (κ1) is 32.0. The number of hydrogen-bond acceptors (Lipinski definition) is 8. The molecule has 0 amide bonds. The number of aryl methyl sites for hydroxylation is 1. The summed E-state index contributed by atoms with van der Waals surface area (Å²) in [6.07, 6.45) is 1.49. The molecule has 9 nitrogen and oxygen atoms in total. The van der Waals surface area contributed by atoms with E-state index in [-0.39, 0.29) is 41.2 Å². The van der Waals surface area contributed by atoms with Crippen LogP contribution in [0.2, 0.25) is 5.02 Å². The molecule has 0 aliphatic rings. The number of fused-ring (bicyclic) bond motifs is 1. The molecule has 0 saturated carbocycles. The van der Waals surface area contributed by atoms with Crippen molar-refractivity contribution in [1.82, 2.24) is 9.66 Å². The zero-order valence-corrected chi connectivity index (χ0v) is 27.2. The van der Waals surface area contributed by atoms with Gasteiger partial charge in [0.2, 0.25) is 0 Å². The standard InChI is InChI=1S/C32H33BrClN3O6/c1-7-41-25-13-19(5)23(15-22(25)18(3)4)31-36-24-12-10-9-11-21(24)32(39)37(31)35-16-20-14-26(40-6)30(29(34)28(20)33)43-17-27(38)42-8-2/h9-16,18H,7-8,17H2,1-6H3. The van der Waals surface area contributed by atoms with Crippen LogP contribution in [-0.4, -0.2) is 48.8 Å². The quantitative estimate of drug-likeness (QED) is 0.123. The van der Waals surface area contributed by atoms with Crippen molar-refractivity contribution in [3.8, 4) is 28.6 Å². The third-order valence-electron chi connectivity index (χ3n) is 6.60. The number of methoxy groups -OCH3 is 1. The molecule has 4 aromatic rings. The van der Waals surface area contributed by atoms with E-state index in [0.717, 1.165) is 22.4 Å². The van der Waals surface area contributed by atoms with Crippen LogP contribution in [0.3, 0.4) is 0 Å². The maximum Gasteiger partial charge on any atom is 0.344 e. The molecule has 0 N–H and O–H groups in total. The van der Waals surface area contributed by atoms with Crippen molar-refractivity contribution in [3.05, 3.63) is 79.0 Å². The van der Waals surface area contributed by atoms with Crippen molar-refractivity contribution in [2.75, 3.05) is 26.9 Å². The van der Waals surface area contributed by atoms with Gasteiger partial charge in [0.05, 0.1) is 37.4 Å². The minimum absolute atomic E-state index is 0.165. The van der Waals surface area contributed by atoms with E-state index in [1.165, 1.54) is 18.0 Å². The highest BCUT2D eigenvalue weighted by Gasteiger charge is 2.21. The molecule has 0 bridgehead atoms. The van der Waals surface area contributed by atoms with E-state index in [2.05, 4.69) is 34.9 Å². The maximum atomic E-state index is 13.8. The van der Waals surface area contributed by atoms with E-state index < -0.39 is 5.97 Å². The number of ether oxygens (including phenoxy) is 4. The van der Waals surface area contributed by atoms with Gasteiger partial charge in [0, 0.05) is 15.6 Å². The van der Waals surface area contributed by atoms with Crippen molar-refractivity contribution in [2.45, 2.75) is 40.5 Å². The molecule has 0 aliphatic heterocycles. The lowest BCUT2D eigenvalue weighted by atomic mass is 9.96. The summed E-state index contributed by atoms with van der Waals surface area (Å²) in [5.74, 6) is 1.24. The first-order valence-corrected chi connectivity index (χ1v) is 15.0. The van der Waals surface area contributed by atoms with Gasteiger partial charge in [0.1, 0.15) is 10.8 Å². The summed E-state index contributed by atoms with van der Waals surface area (Å²) >= 11 is 10.1. The minimum atomic E-state index is -0.539. The van der Waals surface area contributed by atoms with Gasteiger partial charge in [0.15, 0.2) is 23.9 Å². The van der Waals surface area contributed by atoms with Crippen LogP contribution >= 0.6 is 27.5 Å². The second-order valence-electron chi connectivity index (χ2n) is 9.83. The molecule has 1 heterocycles. The fourth-order valence-electron chi connectivity index (χ4n) is 4.51. The average Bonchev–Trinajstić information content (AvgIpc) is 2.98. The van der Waals surface area contributed by atoms with Crippen LogP contribution in [0, 0.1) is 6.92 Å². The first-order valence-electron chi connectivity index (χ1n) is 13.8. The number of carbonyl (C=O) groups is 1. The highest BCUT2D eigenvalue weighted by Crippen LogP contribution is 2.42. The smallest absolute Gasteiger partial charge is 0.344 e. The Bertz CT molecular complexity index is 1750. The number of aromatic nitrogens is 2. The zero-order chi connectivity index (χ0) is 31.3. The fourth-order valence-corrected chi connectivity index (χ4v) is 5.17. The van der Waals surface area contributed by atoms with E-state index in [9.17, 15) is 9.59 Å². The Morgan fingerprint density at radius 3 is 2.53 bits per heavy atom. The topological polar surface area (TPSA) is 101 Å². The highest BCUT2D eigenvalue weighted by molar-refractivity contribution is 9.10. The van der Waals surface area contributed by atoms with E-state index in [0.29, 0.717) is 33.4 Å². The van der Waals surface area contributed by atoms with Gasteiger partial charge in [-0.2, -0.15) is 9.78 Å². The molecule has 0 unspecified atom stereocenters. The molecular formula is C32H33BrClN3O6. The molecule has 1 aromatic heterocycles. The molecule has 0 fully saturated rings. The van der Waals surface area contributed by atoms with Crippen LogP contribution in [0.1, 0.15) is 50.3 Å². The van der Waals surface area contributed by atoms with Crippen LogP contribution in [0.5, 0.6) is 17.2 Å². The summed E-state index contributed by atoms with van der Waals surface area (Å²) in [7, 11) is 1.45. The minimum Gasteiger partial charge on any atom is -0.494 e. The van der Waals surface area contributed by atoms with E-state index in [4.69, 9.17) is 35.5 Å². The molecule has 43 heavy (non-hydrogen) atoms. The molecular weight excluding hydrogens is 638 g/mol. The fraction of sp³-hybridized carbons (Fsp3) is 0.312. The number of rotatable bonds is 11. The number of nitrogens with zero attached hydrogens (tertiary/aromatic N) is 3. The van der Waals surface area contributed by atoms with Gasteiger partial charge in [-0.25, -0.2) is 9.78 Å². The second kappa shape index (κ2) is 14.1. The molecule has 0 radical (unpaired) electrons. The lowest BCUT2D eigenvalue weighted by Gasteiger charge is -2.18. The van der Waals surface area contributed by atoms with Gasteiger partial charge < -0.3 is 18.9 Å². The first-order chi connectivity index (χ1) is 20.6. The van der Waals surface area contributed by atoms with Crippen LogP contribution in [0.4, 0.5) is 0 Å². The van der Waals surface area contributed by atoms with Crippen LogP contribution in [0.15, 0.2) is 56.8 Å². The predicted octanol–water partition coefficient (Wildman–Crippen LogP) is 7.14. The lowest BCUT2D eigenvalue weighted by Crippen LogP contribution is -2.21. The monoisotopic (exact) mass is 669 g/mol. The Labute approximate surface area is 263 Å². The highest BCUT2D eigenvalue weighted by atomic mass is 79.9. The summed E-state index contributed by atoms with van der Waals surface area (Å²) < 4.78 is 23.6. The SMILES string of the molecule is CCOC(=O)COc1c(OC)cc(C=Nn2c(-c3cc(C(C)C)c(OCC)cc3C)nc3ccccc3c2=O)c(Br)c1Cl. The molecule has 11 heteroatoms. The van der Waals surface area contributed by atoms with Crippen LogP contribution < -0.4 is 19.8 Å². The third-order valence-corrected chi connectivity index (χ3v) is 8.04. The number of hydrogen-bond donors (Lipinski definition) is 0. The van der Waals surface area contributed by atoms with Crippen molar-refractivity contribution >= 4 is 50.6 Å². The van der Waals surface area contributed by atoms with Crippen molar-refractivity contribution in [2.24, 2.45) is 5.10 Å². The molecule has 0 atom stereocenters. The van der Waals surface area contributed by atoms with Gasteiger partial charge in [-0.1, -0.05) is 37.6 Å². The number of esters is 1. The van der Waals surface area contributed by atoms with Gasteiger partial charge in [-0.3, -0.25) is 4.79 Å². The summed E-state index contributed by atoms with van der Waals surface area (Å²) in [4.78, 5) is 30.6. The Morgan fingerprint density at radius 2 is 1.86 bits per heavy atom.